The number of hydrazine groups is 1. The lowest BCUT2D eigenvalue weighted by atomic mass is 10.1. The smallest absolute Gasteiger partial charge is 0.426 e. The normalized spacial score (nSPS) is 12.4. The van der Waals surface area contributed by atoms with E-state index in [9.17, 15) is 14.4 Å². The molecule has 0 fully saturated rings. The van der Waals surface area contributed by atoms with Crippen molar-refractivity contribution < 1.29 is 14.3 Å². The second-order valence-electron chi connectivity index (χ2n) is 7.78. The molecule has 8 nitrogen and oxygen atoms in total. The lowest BCUT2D eigenvalue weighted by Crippen LogP contribution is -2.46. The average molecular weight is 461 g/mol. The van der Waals surface area contributed by atoms with Gasteiger partial charge in [0.2, 0.25) is 0 Å². The van der Waals surface area contributed by atoms with E-state index in [1.54, 1.807) is 27.7 Å². The summed E-state index contributed by atoms with van der Waals surface area (Å²) in [7, 11) is 0. The zero-order valence-electron chi connectivity index (χ0n) is 17.6. The van der Waals surface area contributed by atoms with Crippen molar-refractivity contribution in [3.63, 3.8) is 0 Å². The van der Waals surface area contributed by atoms with Crippen LogP contribution in [0.5, 0.6) is 0 Å². The molecule has 0 unspecified atom stereocenters. The molecule has 0 aliphatic heterocycles. The topological polar surface area (TPSA) is 113 Å². The second kappa shape index (κ2) is 9.52. The van der Waals surface area contributed by atoms with E-state index in [4.69, 9.17) is 4.74 Å². The molecule has 0 aliphatic carbocycles. The van der Waals surface area contributed by atoms with Crippen molar-refractivity contribution in [1.29, 1.82) is 0 Å². The van der Waals surface area contributed by atoms with Gasteiger partial charge in [-0.2, -0.15) is 0 Å². The molecule has 3 aromatic rings. The summed E-state index contributed by atoms with van der Waals surface area (Å²) in [6.45, 7) is 6.89. The number of carbonyl (C=O) groups is 2. The number of nitrogens with zero attached hydrogens (tertiary/aromatic N) is 1. The number of thioether (sulfide) groups is 1. The molecule has 1 aromatic carbocycles. The summed E-state index contributed by atoms with van der Waals surface area (Å²) in [5.74, 6) is 0.440. The number of aromatic amines is 1. The second-order valence-corrected chi connectivity index (χ2v) is 9.96. The maximum atomic E-state index is 12.7. The van der Waals surface area contributed by atoms with Crippen LogP contribution in [0.1, 0.15) is 33.5 Å². The van der Waals surface area contributed by atoms with Gasteiger partial charge in [0.15, 0.2) is 0 Å². The quantitative estimate of drug-likeness (QED) is 0.499. The van der Waals surface area contributed by atoms with Crippen LogP contribution >= 0.6 is 23.1 Å². The summed E-state index contributed by atoms with van der Waals surface area (Å²) < 4.78 is 5.06. The summed E-state index contributed by atoms with van der Waals surface area (Å²) in [5, 5.41) is 2.01. The molecule has 10 heteroatoms. The fourth-order valence-electron chi connectivity index (χ4n) is 2.69. The zero-order chi connectivity index (χ0) is 22.6. The van der Waals surface area contributed by atoms with Crippen molar-refractivity contribution in [3.8, 4) is 11.1 Å². The molecule has 0 saturated heterocycles. The van der Waals surface area contributed by atoms with E-state index in [0.29, 0.717) is 21.8 Å². The van der Waals surface area contributed by atoms with Crippen LogP contribution in [0.25, 0.3) is 21.3 Å². The number of carbonyl (C=O) groups excluding carboxylic acids is 2. The zero-order valence-corrected chi connectivity index (χ0v) is 19.3. The van der Waals surface area contributed by atoms with Crippen molar-refractivity contribution in [2.24, 2.45) is 0 Å². The van der Waals surface area contributed by atoms with Crippen LogP contribution in [0.2, 0.25) is 0 Å². The van der Waals surface area contributed by atoms with Gasteiger partial charge in [0, 0.05) is 10.9 Å². The van der Waals surface area contributed by atoms with Gasteiger partial charge in [-0.1, -0.05) is 30.3 Å². The van der Waals surface area contributed by atoms with Crippen molar-refractivity contribution >= 4 is 45.3 Å². The number of fused-ring (bicyclic) bond motifs is 1. The molecule has 0 radical (unpaired) electrons. The average Bonchev–Trinajstić information content (AvgIpc) is 3.14. The molecule has 2 heterocycles. The lowest BCUT2D eigenvalue weighted by molar-refractivity contribution is -0.121. The van der Waals surface area contributed by atoms with Gasteiger partial charge in [-0.15, -0.1) is 23.1 Å². The molecule has 3 rings (SSSR count). The van der Waals surface area contributed by atoms with Crippen LogP contribution in [-0.2, 0) is 15.3 Å². The number of nitrogens with one attached hydrogen (secondary N) is 3. The van der Waals surface area contributed by atoms with E-state index >= 15 is 0 Å². The summed E-state index contributed by atoms with van der Waals surface area (Å²) in [6, 6.07) is 9.69. The highest BCUT2D eigenvalue weighted by Gasteiger charge is 2.19. The fraction of sp³-hybridized carbons (Fsp3) is 0.333. The Bertz CT molecular complexity index is 1140. The van der Waals surface area contributed by atoms with Gasteiger partial charge in [-0.3, -0.25) is 15.0 Å². The minimum absolute atomic E-state index is 0.204. The number of thiophene rings is 1. The number of amides is 2. The maximum Gasteiger partial charge on any atom is 0.426 e. The highest BCUT2D eigenvalue weighted by molar-refractivity contribution is 7.99. The van der Waals surface area contributed by atoms with Crippen LogP contribution in [0.4, 0.5) is 4.79 Å². The lowest BCUT2D eigenvalue weighted by Gasteiger charge is -2.20. The third-order valence-corrected chi connectivity index (χ3v) is 6.13. The van der Waals surface area contributed by atoms with Crippen LogP contribution in [0.15, 0.2) is 40.5 Å². The predicted molar refractivity (Wildman–Crippen MR) is 124 cm³/mol. The largest absolute Gasteiger partial charge is 0.443 e. The van der Waals surface area contributed by atoms with E-state index in [1.807, 2.05) is 35.7 Å². The molecular weight excluding hydrogens is 436 g/mol. The van der Waals surface area contributed by atoms with Crippen molar-refractivity contribution in [2.75, 3.05) is 0 Å². The van der Waals surface area contributed by atoms with Gasteiger partial charge in [0.1, 0.15) is 16.3 Å². The van der Waals surface area contributed by atoms with E-state index in [-0.39, 0.29) is 11.5 Å². The van der Waals surface area contributed by atoms with Gasteiger partial charge in [-0.25, -0.2) is 15.2 Å². The van der Waals surface area contributed by atoms with E-state index < -0.39 is 16.9 Å². The summed E-state index contributed by atoms with van der Waals surface area (Å²) in [5.41, 5.74) is 5.51. The third kappa shape index (κ3) is 6.08. The van der Waals surface area contributed by atoms with Crippen LogP contribution in [0, 0.1) is 0 Å². The van der Waals surface area contributed by atoms with Gasteiger partial charge < -0.3 is 9.72 Å². The Morgan fingerprint density at radius 1 is 1.23 bits per heavy atom. The molecule has 2 aromatic heterocycles. The Labute approximate surface area is 187 Å². The summed E-state index contributed by atoms with van der Waals surface area (Å²) in [4.78, 5) is 44.5. The van der Waals surface area contributed by atoms with Crippen molar-refractivity contribution in [3.05, 3.63) is 51.9 Å². The van der Waals surface area contributed by atoms with Gasteiger partial charge >= 0.3 is 6.09 Å². The SMILES string of the molecule is C[C@@H](SCc1nc2scc(-c3ccccc3)c2c(=O)[nH]1)C(=O)NNC(=O)OC(C)(C)C. The minimum atomic E-state index is -0.735. The number of rotatable bonds is 5. The van der Waals surface area contributed by atoms with Gasteiger partial charge in [0.25, 0.3) is 11.5 Å². The van der Waals surface area contributed by atoms with Crippen LogP contribution in [0.3, 0.4) is 0 Å². The summed E-state index contributed by atoms with van der Waals surface area (Å²) >= 11 is 2.70. The number of aromatic nitrogens is 2. The first-order chi connectivity index (χ1) is 14.6. The van der Waals surface area contributed by atoms with Crippen LogP contribution in [-0.4, -0.2) is 32.8 Å². The minimum Gasteiger partial charge on any atom is -0.443 e. The van der Waals surface area contributed by atoms with E-state index in [0.717, 1.165) is 11.1 Å². The highest BCUT2D eigenvalue weighted by atomic mass is 32.2. The first-order valence-corrected chi connectivity index (χ1v) is 11.5. The first-order valence-electron chi connectivity index (χ1n) is 9.60. The maximum absolute atomic E-state index is 12.7. The van der Waals surface area contributed by atoms with Gasteiger partial charge in [-0.05, 0) is 33.3 Å². The van der Waals surface area contributed by atoms with Crippen molar-refractivity contribution in [2.45, 2.75) is 44.3 Å². The first kappa shape index (κ1) is 22.8. The number of hydrogen-bond acceptors (Lipinski definition) is 7. The third-order valence-electron chi connectivity index (χ3n) is 4.10. The molecule has 0 aliphatic rings. The molecule has 31 heavy (non-hydrogen) atoms. The Morgan fingerprint density at radius 2 is 1.94 bits per heavy atom. The Kier molecular flexibility index (Phi) is 7.01. The highest BCUT2D eigenvalue weighted by Crippen LogP contribution is 2.30. The molecule has 2 amide bonds. The monoisotopic (exact) mass is 460 g/mol. The fourth-order valence-corrected chi connectivity index (χ4v) is 4.41. The molecule has 0 saturated carbocycles. The number of ether oxygens (including phenoxy) is 1. The van der Waals surface area contributed by atoms with Crippen molar-refractivity contribution in [1.82, 2.24) is 20.8 Å². The molecular formula is C21H24N4O4S2. The van der Waals surface area contributed by atoms with Crippen LogP contribution < -0.4 is 16.4 Å². The molecule has 164 valence electrons. The Hall–Kier alpha value is -2.85. The predicted octanol–water partition coefficient (Wildman–Crippen LogP) is 3.83. The van der Waals surface area contributed by atoms with E-state index in [2.05, 4.69) is 20.8 Å². The van der Waals surface area contributed by atoms with E-state index in [1.165, 1.54) is 23.1 Å². The Morgan fingerprint density at radius 3 is 2.61 bits per heavy atom. The number of hydrogen-bond donors (Lipinski definition) is 3. The molecule has 1 atom stereocenters. The molecule has 0 bridgehead atoms. The molecule has 0 spiro atoms. The molecule has 3 N–H and O–H groups in total. The summed E-state index contributed by atoms with van der Waals surface area (Å²) in [6.07, 6.45) is -0.735. The standard InChI is InChI=1S/C21H24N4O4S2/c1-12(17(26)24-25-20(28)29-21(2,3)4)30-11-15-22-18(27)16-14(10-31-19(16)23-15)13-8-6-5-7-9-13/h5-10,12H,11H2,1-4H3,(H,24,26)(H,25,28)(H,22,23,27)/t12-/m1/s1. The number of H-pyrrole nitrogens is 1. The van der Waals surface area contributed by atoms with Gasteiger partial charge in [0.05, 0.1) is 16.4 Å². The Balaban J connectivity index is 1.61. The number of benzene rings is 1.